The molecule has 0 radical (unpaired) electrons. The number of rotatable bonds is 4. The van der Waals surface area contributed by atoms with Crippen LogP contribution in [0.15, 0.2) is 23.5 Å². The summed E-state index contributed by atoms with van der Waals surface area (Å²) in [6.07, 6.45) is 1.54. The standard InChI is InChI=1S/C12H22N6/c1-9(2)6-14-11(13)15-7-10-16-8-17-18(10)12(3,4)5/h8H,1,6-7H2,2-5H3,(H3,13,14,15). The lowest BCUT2D eigenvalue weighted by molar-refractivity contribution is 0.342. The van der Waals surface area contributed by atoms with Crippen molar-refractivity contribution in [1.29, 1.82) is 0 Å². The van der Waals surface area contributed by atoms with Crippen LogP contribution in [0.1, 0.15) is 33.5 Å². The van der Waals surface area contributed by atoms with Gasteiger partial charge in [-0.1, -0.05) is 12.2 Å². The maximum Gasteiger partial charge on any atom is 0.189 e. The number of nitrogens with two attached hydrogens (primary N) is 1. The normalized spacial score (nSPS) is 12.6. The van der Waals surface area contributed by atoms with Crippen LogP contribution in [-0.4, -0.2) is 27.3 Å². The first-order valence-corrected chi connectivity index (χ1v) is 5.88. The van der Waals surface area contributed by atoms with Gasteiger partial charge in [0, 0.05) is 6.54 Å². The molecule has 0 spiro atoms. The van der Waals surface area contributed by atoms with Crippen LogP contribution in [0.4, 0.5) is 0 Å². The van der Waals surface area contributed by atoms with Gasteiger partial charge in [0.1, 0.15) is 18.7 Å². The van der Waals surface area contributed by atoms with Gasteiger partial charge in [-0.05, 0) is 27.7 Å². The average Bonchev–Trinajstić information content (AvgIpc) is 2.71. The molecular formula is C12H22N6. The van der Waals surface area contributed by atoms with Crippen molar-refractivity contribution in [1.82, 2.24) is 20.1 Å². The molecule has 0 aliphatic rings. The summed E-state index contributed by atoms with van der Waals surface area (Å²) in [5, 5.41) is 7.17. The third-order valence-electron chi connectivity index (χ3n) is 2.22. The topological polar surface area (TPSA) is 81.1 Å². The maximum absolute atomic E-state index is 5.74. The Labute approximate surface area is 108 Å². The van der Waals surface area contributed by atoms with Gasteiger partial charge in [-0.25, -0.2) is 14.7 Å². The Balaban J connectivity index is 2.66. The summed E-state index contributed by atoms with van der Waals surface area (Å²) in [6, 6.07) is 0. The molecule has 0 saturated heterocycles. The Morgan fingerprint density at radius 2 is 2.22 bits per heavy atom. The molecule has 18 heavy (non-hydrogen) atoms. The molecule has 1 rings (SSSR count). The van der Waals surface area contributed by atoms with Crippen molar-refractivity contribution >= 4 is 5.96 Å². The van der Waals surface area contributed by atoms with Gasteiger partial charge in [-0.15, -0.1) is 0 Å². The first-order chi connectivity index (χ1) is 8.30. The molecule has 6 nitrogen and oxygen atoms in total. The highest BCUT2D eigenvalue weighted by Gasteiger charge is 2.17. The molecule has 0 fully saturated rings. The SMILES string of the molecule is C=C(C)CNC(N)=NCc1ncnn1C(C)(C)C. The number of nitrogens with one attached hydrogen (secondary N) is 1. The van der Waals surface area contributed by atoms with Crippen molar-refractivity contribution in [2.45, 2.75) is 39.8 Å². The summed E-state index contributed by atoms with van der Waals surface area (Å²) in [7, 11) is 0. The second-order valence-electron chi connectivity index (χ2n) is 5.27. The molecule has 0 aromatic carbocycles. The molecule has 0 atom stereocenters. The smallest absolute Gasteiger partial charge is 0.189 e. The Kier molecular flexibility index (Phi) is 4.47. The summed E-state index contributed by atoms with van der Waals surface area (Å²) in [6.45, 7) is 12.9. The molecule has 0 bridgehead atoms. The van der Waals surface area contributed by atoms with Crippen molar-refractivity contribution in [3.05, 3.63) is 24.3 Å². The molecular weight excluding hydrogens is 228 g/mol. The third kappa shape index (κ3) is 4.20. The lowest BCUT2D eigenvalue weighted by Crippen LogP contribution is -2.33. The Bertz CT molecular complexity index is 438. The highest BCUT2D eigenvalue weighted by atomic mass is 15.4. The fourth-order valence-corrected chi connectivity index (χ4v) is 1.39. The minimum atomic E-state index is -0.110. The van der Waals surface area contributed by atoms with Crippen LogP contribution in [0.25, 0.3) is 0 Å². The van der Waals surface area contributed by atoms with Gasteiger partial charge in [0.25, 0.3) is 0 Å². The molecule has 0 aliphatic carbocycles. The molecule has 100 valence electrons. The lowest BCUT2D eigenvalue weighted by Gasteiger charge is -2.20. The minimum absolute atomic E-state index is 0.110. The van der Waals surface area contributed by atoms with Crippen molar-refractivity contribution in [3.63, 3.8) is 0 Å². The Morgan fingerprint density at radius 1 is 1.56 bits per heavy atom. The highest BCUT2D eigenvalue weighted by Crippen LogP contribution is 2.14. The fraction of sp³-hybridized carbons (Fsp3) is 0.583. The first kappa shape index (κ1) is 14.2. The van der Waals surface area contributed by atoms with Crippen LogP contribution >= 0.6 is 0 Å². The van der Waals surface area contributed by atoms with Crippen LogP contribution in [0.2, 0.25) is 0 Å². The van der Waals surface area contributed by atoms with Gasteiger partial charge in [0.05, 0.1) is 5.54 Å². The Hall–Kier alpha value is -1.85. The van der Waals surface area contributed by atoms with E-state index in [4.69, 9.17) is 5.73 Å². The predicted molar refractivity (Wildman–Crippen MR) is 73.2 cm³/mol. The molecule has 1 aromatic heterocycles. The van der Waals surface area contributed by atoms with E-state index in [2.05, 4.69) is 47.7 Å². The van der Waals surface area contributed by atoms with Crippen LogP contribution in [0, 0.1) is 0 Å². The second-order valence-corrected chi connectivity index (χ2v) is 5.27. The molecule has 0 amide bonds. The molecule has 0 aliphatic heterocycles. The van der Waals surface area contributed by atoms with Gasteiger partial charge < -0.3 is 11.1 Å². The minimum Gasteiger partial charge on any atom is -0.370 e. The van der Waals surface area contributed by atoms with Crippen molar-refractivity contribution < 1.29 is 0 Å². The molecule has 0 saturated carbocycles. The van der Waals surface area contributed by atoms with Crippen molar-refractivity contribution in [2.24, 2.45) is 10.7 Å². The molecule has 3 N–H and O–H groups in total. The van der Waals surface area contributed by atoms with Crippen LogP contribution in [0.3, 0.4) is 0 Å². The van der Waals surface area contributed by atoms with Crippen LogP contribution in [-0.2, 0) is 12.1 Å². The average molecular weight is 250 g/mol. The highest BCUT2D eigenvalue weighted by molar-refractivity contribution is 5.77. The Morgan fingerprint density at radius 3 is 2.78 bits per heavy atom. The number of guanidine groups is 1. The number of hydrogen-bond acceptors (Lipinski definition) is 3. The van der Waals surface area contributed by atoms with E-state index in [1.165, 1.54) is 6.33 Å². The van der Waals surface area contributed by atoms with Gasteiger partial charge in [-0.2, -0.15) is 5.10 Å². The van der Waals surface area contributed by atoms with Crippen molar-refractivity contribution in [3.8, 4) is 0 Å². The monoisotopic (exact) mass is 250 g/mol. The van der Waals surface area contributed by atoms with E-state index in [0.717, 1.165) is 11.4 Å². The van der Waals surface area contributed by atoms with E-state index >= 15 is 0 Å². The zero-order chi connectivity index (χ0) is 13.8. The van der Waals surface area contributed by atoms with E-state index in [-0.39, 0.29) is 5.54 Å². The van der Waals surface area contributed by atoms with Crippen molar-refractivity contribution in [2.75, 3.05) is 6.54 Å². The molecule has 6 heteroatoms. The summed E-state index contributed by atoms with van der Waals surface area (Å²) < 4.78 is 1.85. The number of hydrogen-bond donors (Lipinski definition) is 2. The summed E-state index contributed by atoms with van der Waals surface area (Å²) in [5.41, 5.74) is 6.63. The second kappa shape index (κ2) is 5.66. The summed E-state index contributed by atoms with van der Waals surface area (Å²) in [4.78, 5) is 8.43. The van der Waals surface area contributed by atoms with E-state index in [1.807, 2.05) is 11.6 Å². The molecule has 1 heterocycles. The maximum atomic E-state index is 5.74. The first-order valence-electron chi connectivity index (χ1n) is 5.88. The summed E-state index contributed by atoms with van der Waals surface area (Å²) >= 11 is 0. The number of nitrogens with zero attached hydrogens (tertiary/aromatic N) is 4. The zero-order valence-electron chi connectivity index (χ0n) is 11.6. The van der Waals surface area contributed by atoms with Gasteiger partial charge in [-0.3, -0.25) is 0 Å². The predicted octanol–water partition coefficient (Wildman–Crippen LogP) is 1.01. The van der Waals surface area contributed by atoms with Gasteiger partial charge >= 0.3 is 0 Å². The molecule has 0 unspecified atom stereocenters. The fourth-order valence-electron chi connectivity index (χ4n) is 1.39. The lowest BCUT2D eigenvalue weighted by atomic mass is 10.1. The van der Waals surface area contributed by atoms with E-state index in [1.54, 1.807) is 0 Å². The van der Waals surface area contributed by atoms with Crippen LogP contribution in [0.5, 0.6) is 0 Å². The molecule has 1 aromatic rings. The number of aromatic nitrogens is 3. The summed E-state index contributed by atoms with van der Waals surface area (Å²) in [5.74, 6) is 1.18. The van der Waals surface area contributed by atoms with Gasteiger partial charge in [0.2, 0.25) is 0 Å². The third-order valence-corrected chi connectivity index (χ3v) is 2.22. The zero-order valence-corrected chi connectivity index (χ0v) is 11.6. The van der Waals surface area contributed by atoms with E-state index in [9.17, 15) is 0 Å². The van der Waals surface area contributed by atoms with E-state index < -0.39 is 0 Å². The van der Waals surface area contributed by atoms with E-state index in [0.29, 0.717) is 19.0 Å². The van der Waals surface area contributed by atoms with Gasteiger partial charge in [0.15, 0.2) is 5.96 Å². The quantitative estimate of drug-likeness (QED) is 0.475. The number of aliphatic imine (C=N–C) groups is 1. The van der Waals surface area contributed by atoms with Crippen LogP contribution < -0.4 is 11.1 Å². The largest absolute Gasteiger partial charge is 0.370 e.